The van der Waals surface area contributed by atoms with Gasteiger partial charge in [-0.2, -0.15) is 4.98 Å². The molecule has 3 aromatic rings. The number of carbonyl (C=O) groups is 1. The molecule has 9 nitrogen and oxygen atoms in total. The number of amides is 1. The van der Waals surface area contributed by atoms with Gasteiger partial charge in [-0.05, 0) is 63.0 Å². The van der Waals surface area contributed by atoms with Crippen molar-refractivity contribution in [3.05, 3.63) is 34.4 Å². The molecule has 2 aliphatic rings. The Morgan fingerprint density at radius 3 is 2.50 bits per heavy atom. The number of aromatic nitrogens is 4. The summed E-state index contributed by atoms with van der Waals surface area (Å²) in [7, 11) is 0. The summed E-state index contributed by atoms with van der Waals surface area (Å²) in [6.07, 6.45) is 6.90. The van der Waals surface area contributed by atoms with Crippen LogP contribution < -0.4 is 16.4 Å². The first kappa shape index (κ1) is 25.0. The van der Waals surface area contributed by atoms with Gasteiger partial charge in [-0.3, -0.25) is 9.36 Å². The first-order valence-electron chi connectivity index (χ1n) is 12.5. The van der Waals surface area contributed by atoms with Crippen LogP contribution in [0.5, 0.6) is 0 Å². The fraction of sp³-hybridized carbons (Fsp3) is 0.520. The second kappa shape index (κ2) is 10.4. The molecule has 2 heterocycles. The van der Waals surface area contributed by atoms with E-state index in [1.54, 1.807) is 24.4 Å². The summed E-state index contributed by atoms with van der Waals surface area (Å²) in [5.74, 6) is 1.01. The number of benzene rings is 1. The fourth-order valence-electron chi connectivity index (χ4n) is 5.35. The van der Waals surface area contributed by atoms with Crippen molar-refractivity contribution < 1.29 is 9.90 Å². The Morgan fingerprint density at radius 1 is 1.11 bits per heavy atom. The van der Waals surface area contributed by atoms with Crippen LogP contribution in [0.15, 0.2) is 24.4 Å². The van der Waals surface area contributed by atoms with Crippen LogP contribution in [0.3, 0.4) is 0 Å². The van der Waals surface area contributed by atoms with Crippen molar-refractivity contribution in [1.82, 2.24) is 19.5 Å². The molecule has 5 rings (SSSR count). The number of imidazole rings is 1. The molecule has 2 aliphatic carbocycles. The van der Waals surface area contributed by atoms with Crippen molar-refractivity contribution in [2.45, 2.75) is 70.1 Å². The number of nitrogens with one attached hydrogen (secondary N) is 2. The lowest BCUT2D eigenvalue weighted by Gasteiger charge is -2.31. The molecule has 2 fully saturated rings. The number of anilines is 3. The van der Waals surface area contributed by atoms with E-state index in [1.165, 1.54) is 0 Å². The minimum Gasteiger partial charge on any atom is -0.393 e. The van der Waals surface area contributed by atoms with Gasteiger partial charge in [-0.25, -0.2) is 9.97 Å². The second-order valence-electron chi connectivity index (χ2n) is 10.0. The average molecular weight is 532 g/mol. The van der Waals surface area contributed by atoms with E-state index in [9.17, 15) is 9.90 Å². The average Bonchev–Trinajstić information content (AvgIpc) is 3.21. The van der Waals surface area contributed by atoms with Gasteiger partial charge in [0, 0.05) is 18.0 Å². The molecule has 0 radical (unpaired) electrons. The summed E-state index contributed by atoms with van der Waals surface area (Å²) in [5, 5.41) is 18.0. The van der Waals surface area contributed by atoms with Crippen LogP contribution >= 0.6 is 23.2 Å². The predicted molar refractivity (Wildman–Crippen MR) is 142 cm³/mol. The van der Waals surface area contributed by atoms with Gasteiger partial charge in [0.25, 0.3) is 0 Å². The maximum absolute atomic E-state index is 11.7. The van der Waals surface area contributed by atoms with Crippen LogP contribution in [0.2, 0.25) is 10.0 Å². The van der Waals surface area contributed by atoms with E-state index in [1.807, 2.05) is 0 Å². The van der Waals surface area contributed by atoms with Crippen LogP contribution in [-0.2, 0) is 4.79 Å². The summed E-state index contributed by atoms with van der Waals surface area (Å²) in [6.45, 7) is 2.08. The van der Waals surface area contributed by atoms with Crippen molar-refractivity contribution in [2.24, 2.45) is 17.6 Å². The molecule has 0 saturated heterocycles. The predicted octanol–water partition coefficient (Wildman–Crippen LogP) is 5.05. The topological polar surface area (TPSA) is 131 Å². The number of primary amides is 1. The van der Waals surface area contributed by atoms with Gasteiger partial charge in [-0.15, -0.1) is 0 Å². The SMILES string of the molecule is C[C@@H]1CC[C@@H](Nc2ncc3nc(Nc4c(Cl)cccc4Cl)n([C@H]4CC[C@@H](C(N)=O)CC4)c3n2)CC1O. The largest absolute Gasteiger partial charge is 0.393 e. The molecule has 1 aromatic carbocycles. The van der Waals surface area contributed by atoms with Gasteiger partial charge in [-0.1, -0.05) is 36.2 Å². The molecule has 2 aromatic heterocycles. The number of hydrogen-bond donors (Lipinski definition) is 4. The zero-order valence-electron chi connectivity index (χ0n) is 20.1. The monoisotopic (exact) mass is 531 g/mol. The highest BCUT2D eigenvalue weighted by Gasteiger charge is 2.30. The van der Waals surface area contributed by atoms with Crippen molar-refractivity contribution >= 4 is 57.9 Å². The number of para-hydroxylation sites is 1. The molecule has 0 bridgehead atoms. The number of carbonyl (C=O) groups excluding carboxylic acids is 1. The molecule has 5 N–H and O–H groups in total. The summed E-state index contributed by atoms with van der Waals surface area (Å²) < 4.78 is 2.07. The number of fused-ring (bicyclic) bond motifs is 1. The molecule has 1 unspecified atom stereocenters. The van der Waals surface area contributed by atoms with Crippen molar-refractivity contribution in [1.29, 1.82) is 0 Å². The highest BCUT2D eigenvalue weighted by atomic mass is 35.5. The van der Waals surface area contributed by atoms with Crippen molar-refractivity contribution in [2.75, 3.05) is 10.6 Å². The molecular weight excluding hydrogens is 501 g/mol. The molecule has 2 saturated carbocycles. The van der Waals surface area contributed by atoms with Gasteiger partial charge in [0.15, 0.2) is 5.65 Å². The van der Waals surface area contributed by atoms with Gasteiger partial charge in [0.1, 0.15) is 5.52 Å². The smallest absolute Gasteiger partial charge is 0.224 e. The molecule has 0 aliphatic heterocycles. The van der Waals surface area contributed by atoms with Crippen molar-refractivity contribution in [3.8, 4) is 0 Å². The van der Waals surface area contributed by atoms with Crippen LogP contribution in [-0.4, -0.2) is 42.7 Å². The van der Waals surface area contributed by atoms with Crippen LogP contribution in [0.25, 0.3) is 11.2 Å². The number of nitrogens with two attached hydrogens (primary N) is 1. The molecule has 0 spiro atoms. The van der Waals surface area contributed by atoms with Gasteiger partial charge in [0.05, 0.1) is 28.0 Å². The molecule has 1 amide bonds. The van der Waals surface area contributed by atoms with Crippen molar-refractivity contribution in [3.63, 3.8) is 0 Å². The lowest BCUT2D eigenvalue weighted by molar-refractivity contribution is -0.122. The van der Waals surface area contributed by atoms with Crippen LogP contribution in [0.1, 0.15) is 57.9 Å². The standard InChI is InChI=1S/C25H31Cl2N7O2/c1-13-5-8-15(11-20(13)35)30-24-29-12-19-23(33-24)34(16-9-6-14(7-10-16)22(28)36)25(31-19)32-21-17(26)3-2-4-18(21)27/h2-4,12-16,20,35H,5-11H2,1H3,(H2,28,36)(H,31,32)(H,29,30,33)/t13-,14-,15-,16+,20?/m1/s1. The minimum atomic E-state index is -0.331. The molecule has 192 valence electrons. The number of aliphatic hydroxyl groups excluding tert-OH is 1. The Morgan fingerprint density at radius 2 is 1.83 bits per heavy atom. The Balaban J connectivity index is 1.49. The lowest BCUT2D eigenvalue weighted by Crippen LogP contribution is -2.35. The molecule has 36 heavy (non-hydrogen) atoms. The Bertz CT molecular complexity index is 1240. The number of rotatable bonds is 6. The molecule has 11 heteroatoms. The third kappa shape index (κ3) is 5.10. The van der Waals surface area contributed by atoms with Gasteiger partial charge < -0.3 is 21.5 Å². The quantitative estimate of drug-likeness (QED) is 0.349. The first-order valence-corrected chi connectivity index (χ1v) is 13.3. The third-order valence-electron chi connectivity index (χ3n) is 7.58. The summed E-state index contributed by atoms with van der Waals surface area (Å²) in [5.41, 5.74) is 7.46. The summed E-state index contributed by atoms with van der Waals surface area (Å²) >= 11 is 12.9. The van der Waals surface area contributed by atoms with E-state index in [-0.39, 0.29) is 30.0 Å². The van der Waals surface area contributed by atoms with E-state index in [0.717, 1.165) is 25.7 Å². The molecule has 3 atom stereocenters. The Hall–Kier alpha value is -2.62. The van der Waals surface area contributed by atoms with E-state index >= 15 is 0 Å². The first-order chi connectivity index (χ1) is 17.3. The molecular formula is C25H31Cl2N7O2. The zero-order valence-corrected chi connectivity index (χ0v) is 21.6. The van der Waals surface area contributed by atoms with E-state index in [0.29, 0.717) is 64.0 Å². The second-order valence-corrected chi connectivity index (χ2v) is 10.9. The van der Waals surface area contributed by atoms with E-state index in [2.05, 4.69) is 27.1 Å². The van der Waals surface area contributed by atoms with Gasteiger partial charge >= 0.3 is 0 Å². The third-order valence-corrected chi connectivity index (χ3v) is 8.21. The highest BCUT2D eigenvalue weighted by Crippen LogP contribution is 2.39. The maximum Gasteiger partial charge on any atom is 0.224 e. The highest BCUT2D eigenvalue weighted by molar-refractivity contribution is 6.39. The normalized spacial score (nSPS) is 26.6. The Kier molecular flexibility index (Phi) is 7.23. The van der Waals surface area contributed by atoms with Gasteiger partial charge in [0.2, 0.25) is 17.8 Å². The summed E-state index contributed by atoms with van der Waals surface area (Å²) in [6, 6.07) is 5.49. The maximum atomic E-state index is 11.7. The van der Waals surface area contributed by atoms with E-state index < -0.39 is 0 Å². The Labute approximate surface area is 219 Å². The van der Waals surface area contributed by atoms with E-state index in [4.69, 9.17) is 38.9 Å². The fourth-order valence-corrected chi connectivity index (χ4v) is 5.85. The number of hydrogen-bond acceptors (Lipinski definition) is 7. The van der Waals surface area contributed by atoms with Crippen LogP contribution in [0, 0.1) is 11.8 Å². The van der Waals surface area contributed by atoms with Crippen LogP contribution in [0.4, 0.5) is 17.6 Å². The number of nitrogens with zero attached hydrogens (tertiary/aromatic N) is 4. The number of aliphatic hydroxyl groups is 1. The minimum absolute atomic E-state index is 0.0643. The summed E-state index contributed by atoms with van der Waals surface area (Å²) in [4.78, 5) is 25.9. The zero-order chi connectivity index (χ0) is 25.4. The lowest BCUT2D eigenvalue weighted by atomic mass is 9.85. The number of halogens is 2.